The molecule has 1 aliphatic heterocycles. The first-order chi connectivity index (χ1) is 18.7. The molecule has 2 aromatic carbocycles. The molecule has 0 amide bonds. The maximum Gasteiger partial charge on any atom is 0.217 e. The summed E-state index contributed by atoms with van der Waals surface area (Å²) in [5.41, 5.74) is 6.45. The third kappa shape index (κ3) is 3.38. The number of Topliss-reactive ketones (excluding diaryl/α,β-unsaturated/α-hetero) is 1. The van der Waals surface area contributed by atoms with Gasteiger partial charge < -0.3 is 15.3 Å². The SMILES string of the molecule is O=C1C(N(c2ccccc2)c2ccccc2)=C(O)/C1=C1\C=CC2=C3C(=CC=CC31)NC(c1ccccn1)=N2. The molecule has 182 valence electrons. The van der Waals surface area contributed by atoms with E-state index >= 15 is 0 Å². The monoisotopic (exact) mass is 494 g/mol. The Bertz CT molecular complexity index is 1650. The molecule has 0 saturated heterocycles. The van der Waals surface area contributed by atoms with Gasteiger partial charge in [-0.05, 0) is 54.1 Å². The van der Waals surface area contributed by atoms with Crippen LogP contribution in [0.3, 0.4) is 0 Å². The van der Waals surface area contributed by atoms with Gasteiger partial charge in [0.1, 0.15) is 11.4 Å². The van der Waals surface area contributed by atoms with Crippen LogP contribution in [0, 0.1) is 5.92 Å². The van der Waals surface area contributed by atoms with Gasteiger partial charge in [0.05, 0.1) is 11.3 Å². The standard InChI is InChI=1S/C32H22N4O2/c37-30-28(31(38)29(30)36(20-10-3-1-4-11-20)21-12-5-2-6-13-21)23-17-18-25-27-22(23)14-9-16-24(27)34-32(35-25)26-15-7-8-19-33-26/h1-19,22,37H,(H,34,35)/b28-23-. The van der Waals surface area contributed by atoms with Crippen molar-refractivity contribution in [2.24, 2.45) is 10.9 Å². The van der Waals surface area contributed by atoms with E-state index in [4.69, 9.17) is 4.99 Å². The van der Waals surface area contributed by atoms with Crippen LogP contribution in [0.15, 0.2) is 160 Å². The van der Waals surface area contributed by atoms with Crippen LogP contribution in [0.1, 0.15) is 5.69 Å². The molecule has 6 heteroatoms. The van der Waals surface area contributed by atoms with Crippen LogP contribution in [-0.2, 0) is 4.79 Å². The summed E-state index contributed by atoms with van der Waals surface area (Å²) in [6, 6.07) is 24.9. The summed E-state index contributed by atoms with van der Waals surface area (Å²) in [7, 11) is 0. The van der Waals surface area contributed by atoms with Crippen molar-refractivity contribution in [2.75, 3.05) is 4.90 Å². The molecule has 0 spiro atoms. The number of nitrogens with one attached hydrogen (secondary N) is 1. The summed E-state index contributed by atoms with van der Waals surface area (Å²) in [5.74, 6) is 0.278. The number of carbonyl (C=O) groups excluding carboxylic acids is 1. The highest BCUT2D eigenvalue weighted by Gasteiger charge is 2.43. The van der Waals surface area contributed by atoms with Crippen molar-refractivity contribution >= 4 is 23.0 Å². The van der Waals surface area contributed by atoms with Gasteiger partial charge in [0.2, 0.25) is 5.78 Å². The second-order valence-corrected chi connectivity index (χ2v) is 9.24. The van der Waals surface area contributed by atoms with Gasteiger partial charge in [-0.2, -0.15) is 0 Å². The van der Waals surface area contributed by atoms with E-state index in [1.807, 2.05) is 114 Å². The van der Waals surface area contributed by atoms with Gasteiger partial charge in [-0.1, -0.05) is 60.7 Å². The van der Waals surface area contributed by atoms with Gasteiger partial charge in [-0.25, -0.2) is 4.99 Å². The lowest BCUT2D eigenvalue weighted by Crippen LogP contribution is -2.37. The number of benzene rings is 2. The largest absolute Gasteiger partial charge is 0.505 e. The minimum Gasteiger partial charge on any atom is -0.505 e. The molecule has 0 radical (unpaired) electrons. The predicted molar refractivity (Wildman–Crippen MR) is 147 cm³/mol. The number of hydrogen-bond acceptors (Lipinski definition) is 6. The zero-order valence-electron chi connectivity index (χ0n) is 20.2. The second kappa shape index (κ2) is 8.71. The molecule has 0 bridgehead atoms. The molecule has 1 aromatic heterocycles. The van der Waals surface area contributed by atoms with Gasteiger partial charge in [-0.3, -0.25) is 9.78 Å². The highest BCUT2D eigenvalue weighted by Crippen LogP contribution is 2.46. The third-order valence-corrected chi connectivity index (χ3v) is 7.04. The summed E-state index contributed by atoms with van der Waals surface area (Å²) in [6.07, 6.45) is 11.6. The van der Waals surface area contributed by atoms with Crippen molar-refractivity contribution in [1.82, 2.24) is 10.3 Å². The molecular formula is C32H22N4O2. The number of anilines is 2. The van der Waals surface area contributed by atoms with Crippen molar-refractivity contribution in [3.8, 4) is 0 Å². The highest BCUT2D eigenvalue weighted by molar-refractivity contribution is 6.22. The number of allylic oxidation sites excluding steroid dienone is 9. The number of aliphatic imine (C=N–C) groups is 1. The molecule has 3 aromatic rings. The first kappa shape index (κ1) is 22.0. The van der Waals surface area contributed by atoms with Crippen molar-refractivity contribution < 1.29 is 9.90 Å². The van der Waals surface area contributed by atoms with E-state index in [2.05, 4.69) is 10.3 Å². The van der Waals surface area contributed by atoms with Crippen LogP contribution in [0.25, 0.3) is 0 Å². The van der Waals surface area contributed by atoms with Crippen molar-refractivity contribution in [2.45, 2.75) is 0 Å². The summed E-state index contributed by atoms with van der Waals surface area (Å²) in [4.78, 5) is 24.8. The van der Waals surface area contributed by atoms with Crippen LogP contribution < -0.4 is 10.2 Å². The molecule has 4 aliphatic rings. The number of aliphatic hydroxyl groups is 1. The van der Waals surface area contributed by atoms with E-state index in [-0.39, 0.29) is 23.2 Å². The first-order valence-electron chi connectivity index (χ1n) is 12.4. The Balaban J connectivity index is 1.32. The van der Waals surface area contributed by atoms with Crippen LogP contribution in [0.2, 0.25) is 0 Å². The quantitative estimate of drug-likeness (QED) is 0.448. The summed E-state index contributed by atoms with van der Waals surface area (Å²) >= 11 is 0. The minimum atomic E-state index is -0.207. The molecular weight excluding hydrogens is 472 g/mol. The topological polar surface area (TPSA) is 77.8 Å². The zero-order chi connectivity index (χ0) is 25.6. The number of aliphatic hydroxyl groups excluding tert-OH is 1. The maximum absolute atomic E-state index is 13.8. The number of carbonyl (C=O) groups is 1. The lowest BCUT2D eigenvalue weighted by Gasteiger charge is -2.37. The molecule has 6 nitrogen and oxygen atoms in total. The van der Waals surface area contributed by atoms with Crippen LogP contribution in [0.4, 0.5) is 11.4 Å². The maximum atomic E-state index is 13.8. The van der Waals surface area contributed by atoms with Crippen LogP contribution >= 0.6 is 0 Å². The molecule has 0 fully saturated rings. The zero-order valence-corrected chi connectivity index (χ0v) is 20.2. The van der Waals surface area contributed by atoms with Gasteiger partial charge in [0.15, 0.2) is 11.6 Å². The number of hydrogen-bond donors (Lipinski definition) is 2. The Morgan fingerprint density at radius 2 is 1.58 bits per heavy atom. The van der Waals surface area contributed by atoms with Crippen molar-refractivity contribution in [3.63, 3.8) is 0 Å². The molecule has 1 unspecified atom stereocenters. The normalized spacial score (nSPS) is 21.4. The number of rotatable bonds is 4. The Morgan fingerprint density at radius 3 is 2.24 bits per heavy atom. The van der Waals surface area contributed by atoms with E-state index in [0.717, 1.165) is 39.6 Å². The van der Waals surface area contributed by atoms with Gasteiger partial charge >= 0.3 is 0 Å². The number of para-hydroxylation sites is 2. The molecule has 1 atom stereocenters. The number of nitrogens with zero attached hydrogens (tertiary/aromatic N) is 3. The Kier molecular flexibility index (Phi) is 5.04. The van der Waals surface area contributed by atoms with E-state index in [1.165, 1.54) is 0 Å². The number of amidine groups is 1. The van der Waals surface area contributed by atoms with Crippen LogP contribution in [0.5, 0.6) is 0 Å². The highest BCUT2D eigenvalue weighted by atomic mass is 16.3. The first-order valence-corrected chi connectivity index (χ1v) is 12.4. The Morgan fingerprint density at radius 1 is 0.868 bits per heavy atom. The fourth-order valence-electron chi connectivity index (χ4n) is 5.31. The van der Waals surface area contributed by atoms with E-state index in [0.29, 0.717) is 11.4 Å². The molecule has 2 N–H and O–H groups in total. The average Bonchev–Trinajstić information content (AvgIpc) is 2.98. The average molecular weight is 495 g/mol. The fourth-order valence-corrected chi connectivity index (χ4v) is 5.31. The molecule has 7 rings (SSSR count). The molecule has 2 heterocycles. The van der Waals surface area contributed by atoms with Gasteiger partial charge in [-0.15, -0.1) is 0 Å². The van der Waals surface area contributed by atoms with E-state index < -0.39 is 0 Å². The fraction of sp³-hybridized carbons (Fsp3) is 0.0312. The van der Waals surface area contributed by atoms with E-state index in [9.17, 15) is 9.90 Å². The Labute approximate surface area is 219 Å². The molecule has 38 heavy (non-hydrogen) atoms. The summed E-state index contributed by atoms with van der Waals surface area (Å²) in [6.45, 7) is 0. The molecule has 0 saturated carbocycles. The summed E-state index contributed by atoms with van der Waals surface area (Å²) < 4.78 is 0. The van der Waals surface area contributed by atoms with Crippen molar-refractivity contribution in [3.05, 3.63) is 161 Å². The lowest BCUT2D eigenvalue weighted by molar-refractivity contribution is -0.114. The van der Waals surface area contributed by atoms with Crippen LogP contribution in [-0.4, -0.2) is 21.7 Å². The molecule has 3 aliphatic carbocycles. The Hall–Kier alpha value is -5.23. The van der Waals surface area contributed by atoms with Gasteiger partial charge in [0.25, 0.3) is 0 Å². The van der Waals surface area contributed by atoms with Crippen molar-refractivity contribution in [1.29, 1.82) is 0 Å². The number of aromatic nitrogens is 1. The number of ketones is 1. The minimum absolute atomic E-state index is 0.00245. The second-order valence-electron chi connectivity index (χ2n) is 9.24. The predicted octanol–water partition coefficient (Wildman–Crippen LogP) is 5.81. The smallest absolute Gasteiger partial charge is 0.217 e. The van der Waals surface area contributed by atoms with Gasteiger partial charge in [0, 0.05) is 34.8 Å². The number of pyridine rings is 1. The van der Waals surface area contributed by atoms with E-state index in [1.54, 1.807) is 6.20 Å². The lowest BCUT2D eigenvalue weighted by atomic mass is 9.74. The summed E-state index contributed by atoms with van der Waals surface area (Å²) in [5, 5.41) is 14.8. The third-order valence-electron chi connectivity index (χ3n) is 7.04.